The van der Waals surface area contributed by atoms with E-state index in [9.17, 15) is 9.90 Å². The summed E-state index contributed by atoms with van der Waals surface area (Å²) in [5.41, 5.74) is 4.42. The Morgan fingerprint density at radius 3 is 2.72 bits per heavy atom. The Balaban J connectivity index is 1.53. The second-order valence-electron chi connectivity index (χ2n) is 9.55. The van der Waals surface area contributed by atoms with Crippen molar-refractivity contribution < 1.29 is 19.4 Å². The topological polar surface area (TPSA) is 59.0 Å². The number of aryl methyl sites for hydroxylation is 2. The number of aliphatic hydroxyl groups excluding tert-OH is 1. The summed E-state index contributed by atoms with van der Waals surface area (Å²) in [4.78, 5) is 14.2. The zero-order valence-electron chi connectivity index (χ0n) is 21.6. The molecule has 0 amide bonds. The Hall–Kier alpha value is -1.63. The number of ether oxygens (including phenoxy) is 2. The van der Waals surface area contributed by atoms with Crippen LogP contribution in [-0.2, 0) is 33.5 Å². The minimum absolute atomic E-state index is 0.225. The van der Waals surface area contributed by atoms with Crippen LogP contribution in [0.3, 0.4) is 0 Å². The quantitative estimate of drug-likeness (QED) is 0.309. The van der Waals surface area contributed by atoms with Crippen molar-refractivity contribution in [2.24, 2.45) is 0 Å². The lowest BCUT2D eigenvalue weighted by molar-refractivity contribution is -0.143. The molecule has 1 N–H and O–H groups in total. The first kappa shape index (κ1) is 28.9. The van der Waals surface area contributed by atoms with E-state index in [1.807, 2.05) is 31.2 Å². The van der Waals surface area contributed by atoms with E-state index < -0.39 is 6.10 Å². The van der Waals surface area contributed by atoms with Gasteiger partial charge in [0, 0.05) is 29.1 Å². The van der Waals surface area contributed by atoms with Gasteiger partial charge in [-0.15, -0.1) is 0 Å². The molecule has 0 unspecified atom stereocenters. The molecule has 0 spiro atoms. The molecule has 198 valence electrons. The summed E-state index contributed by atoms with van der Waals surface area (Å²) >= 11 is 12.5. The number of carbonyl (C=O) groups excluding carboxylic acids is 1. The van der Waals surface area contributed by atoms with E-state index in [-0.39, 0.29) is 18.7 Å². The predicted octanol–water partition coefficient (Wildman–Crippen LogP) is 6.20. The molecule has 36 heavy (non-hydrogen) atoms. The highest BCUT2D eigenvalue weighted by Crippen LogP contribution is 2.27. The Morgan fingerprint density at radius 2 is 1.97 bits per heavy atom. The van der Waals surface area contributed by atoms with Crippen LogP contribution in [0.4, 0.5) is 0 Å². The summed E-state index contributed by atoms with van der Waals surface area (Å²) in [6, 6.07) is 12.4. The highest BCUT2D eigenvalue weighted by atomic mass is 35.5. The molecule has 3 rings (SSSR count). The number of β-amino-alcohol motifs (C(OH)–C–C–N with tert-alkyl or cyclic N) is 1. The molecule has 0 bridgehead atoms. The third-order valence-corrected chi connectivity index (χ3v) is 7.50. The van der Waals surface area contributed by atoms with Gasteiger partial charge in [0.05, 0.1) is 25.4 Å². The minimum Gasteiger partial charge on any atom is -0.466 e. The molecule has 0 saturated carbocycles. The Kier molecular flexibility index (Phi) is 11.5. The number of carbonyl (C=O) groups is 1. The third-order valence-electron chi connectivity index (χ3n) is 6.89. The lowest BCUT2D eigenvalue weighted by atomic mass is 9.99. The van der Waals surface area contributed by atoms with Crippen molar-refractivity contribution in [3.8, 4) is 0 Å². The fourth-order valence-corrected chi connectivity index (χ4v) is 5.44. The van der Waals surface area contributed by atoms with E-state index in [1.165, 1.54) is 11.1 Å². The lowest BCUT2D eigenvalue weighted by Gasteiger charge is -2.28. The molecule has 7 heteroatoms. The van der Waals surface area contributed by atoms with Gasteiger partial charge < -0.3 is 14.6 Å². The van der Waals surface area contributed by atoms with Gasteiger partial charge in [0.1, 0.15) is 0 Å². The third kappa shape index (κ3) is 8.46. The first-order valence-electron chi connectivity index (χ1n) is 13.1. The highest BCUT2D eigenvalue weighted by molar-refractivity contribution is 6.31. The predicted molar refractivity (Wildman–Crippen MR) is 146 cm³/mol. The standard InChI is InChI=1S/C29H39Cl2NO4/c1-4-22-15-21(8-12-28(22)31)16-25-7-6-14-32(25)18-26(33)19-36-20(3)27-11-10-24(30)17-23(27)9-13-29(34)35-5-2/h8,10-12,15,17,20,25-26,33H,4-7,9,13-14,16,18-19H2,1-3H3/t20-,25+,26-/m1/s1. The number of hydrogen-bond donors (Lipinski definition) is 1. The SMILES string of the molecule is CCOC(=O)CCc1cc(Cl)ccc1[C@@H](C)OC[C@H](O)CN1CCC[C@H]1Cc1ccc(Cl)c(CC)c1. The van der Waals surface area contributed by atoms with Gasteiger partial charge in [0.2, 0.25) is 0 Å². The van der Waals surface area contributed by atoms with Crippen molar-refractivity contribution in [3.05, 3.63) is 68.7 Å². The number of aliphatic hydroxyl groups is 1. The van der Waals surface area contributed by atoms with E-state index in [4.69, 9.17) is 32.7 Å². The van der Waals surface area contributed by atoms with E-state index in [2.05, 4.69) is 24.0 Å². The molecule has 0 aliphatic carbocycles. The van der Waals surface area contributed by atoms with Gasteiger partial charge in [-0.05, 0) is 92.9 Å². The number of hydrogen-bond acceptors (Lipinski definition) is 5. The van der Waals surface area contributed by atoms with Crippen molar-refractivity contribution in [3.63, 3.8) is 0 Å². The molecule has 0 aromatic heterocycles. The fourth-order valence-electron chi connectivity index (χ4n) is 4.99. The Labute approximate surface area is 225 Å². The van der Waals surface area contributed by atoms with E-state index in [0.717, 1.165) is 48.4 Å². The van der Waals surface area contributed by atoms with Crippen LogP contribution >= 0.6 is 23.2 Å². The van der Waals surface area contributed by atoms with E-state index >= 15 is 0 Å². The van der Waals surface area contributed by atoms with E-state index in [0.29, 0.717) is 37.1 Å². The molecule has 1 heterocycles. The van der Waals surface area contributed by atoms with Crippen LogP contribution in [0.15, 0.2) is 36.4 Å². The van der Waals surface area contributed by atoms with Crippen LogP contribution in [0.25, 0.3) is 0 Å². The molecule has 3 atom stereocenters. The maximum absolute atomic E-state index is 11.8. The van der Waals surface area contributed by atoms with Crippen molar-refractivity contribution >= 4 is 29.2 Å². The normalized spacial score (nSPS) is 17.8. The monoisotopic (exact) mass is 535 g/mol. The van der Waals surface area contributed by atoms with Gasteiger partial charge in [0.15, 0.2) is 0 Å². The summed E-state index contributed by atoms with van der Waals surface area (Å²) < 4.78 is 11.1. The number of benzene rings is 2. The van der Waals surface area contributed by atoms with Crippen LogP contribution in [0, 0.1) is 0 Å². The molecule has 2 aromatic carbocycles. The van der Waals surface area contributed by atoms with Crippen molar-refractivity contribution in [2.75, 3.05) is 26.3 Å². The largest absolute Gasteiger partial charge is 0.466 e. The number of halogens is 2. The number of likely N-dealkylation sites (tertiary alicyclic amines) is 1. The summed E-state index contributed by atoms with van der Waals surface area (Å²) in [5.74, 6) is -0.225. The average molecular weight is 537 g/mol. The second-order valence-corrected chi connectivity index (χ2v) is 10.4. The number of nitrogens with zero attached hydrogens (tertiary/aromatic N) is 1. The Morgan fingerprint density at radius 1 is 1.17 bits per heavy atom. The van der Waals surface area contributed by atoms with Crippen molar-refractivity contribution in [1.82, 2.24) is 4.90 Å². The van der Waals surface area contributed by atoms with Gasteiger partial charge in [-0.25, -0.2) is 0 Å². The summed E-state index contributed by atoms with van der Waals surface area (Å²) in [7, 11) is 0. The fraction of sp³-hybridized carbons (Fsp3) is 0.552. The lowest BCUT2D eigenvalue weighted by Crippen LogP contribution is -2.39. The first-order chi connectivity index (χ1) is 17.3. The molecule has 0 radical (unpaired) electrons. The molecule has 1 saturated heterocycles. The highest BCUT2D eigenvalue weighted by Gasteiger charge is 2.27. The van der Waals surface area contributed by atoms with Crippen molar-refractivity contribution in [1.29, 1.82) is 0 Å². The minimum atomic E-state index is -0.584. The van der Waals surface area contributed by atoms with Gasteiger partial charge in [0.25, 0.3) is 0 Å². The van der Waals surface area contributed by atoms with Crippen LogP contribution in [0.1, 0.15) is 68.4 Å². The second kappa shape index (κ2) is 14.3. The Bertz CT molecular complexity index is 999. The molecular formula is C29H39Cl2NO4. The maximum atomic E-state index is 11.8. The maximum Gasteiger partial charge on any atom is 0.306 e. The molecule has 1 aliphatic heterocycles. The van der Waals surface area contributed by atoms with Crippen LogP contribution in [-0.4, -0.2) is 54.4 Å². The van der Waals surface area contributed by atoms with Crippen LogP contribution in [0.2, 0.25) is 10.0 Å². The summed E-state index contributed by atoms with van der Waals surface area (Å²) in [6.45, 7) is 8.07. The van der Waals surface area contributed by atoms with Crippen LogP contribution < -0.4 is 0 Å². The summed E-state index contributed by atoms with van der Waals surface area (Å²) in [5, 5.41) is 12.2. The molecule has 1 aliphatic rings. The molecule has 1 fully saturated rings. The van der Waals surface area contributed by atoms with Gasteiger partial charge in [-0.1, -0.05) is 48.3 Å². The van der Waals surface area contributed by atoms with Gasteiger partial charge in [-0.3, -0.25) is 9.69 Å². The zero-order chi connectivity index (χ0) is 26.1. The zero-order valence-corrected chi connectivity index (χ0v) is 23.2. The summed E-state index contributed by atoms with van der Waals surface area (Å²) in [6.07, 6.45) is 4.16. The van der Waals surface area contributed by atoms with Crippen LogP contribution in [0.5, 0.6) is 0 Å². The van der Waals surface area contributed by atoms with Crippen molar-refractivity contribution in [2.45, 2.75) is 77.5 Å². The molecule has 2 aromatic rings. The van der Waals surface area contributed by atoms with Gasteiger partial charge in [-0.2, -0.15) is 0 Å². The number of esters is 1. The molecular weight excluding hydrogens is 497 g/mol. The first-order valence-corrected chi connectivity index (χ1v) is 13.8. The van der Waals surface area contributed by atoms with Gasteiger partial charge >= 0.3 is 5.97 Å². The number of rotatable bonds is 13. The van der Waals surface area contributed by atoms with E-state index in [1.54, 1.807) is 6.92 Å². The molecule has 5 nitrogen and oxygen atoms in total. The average Bonchev–Trinajstić information content (AvgIpc) is 3.28. The smallest absolute Gasteiger partial charge is 0.306 e.